The van der Waals surface area contributed by atoms with Crippen LogP contribution < -0.4 is 14.8 Å². The van der Waals surface area contributed by atoms with Crippen molar-refractivity contribution in [3.63, 3.8) is 0 Å². The van der Waals surface area contributed by atoms with E-state index >= 15 is 0 Å². The van der Waals surface area contributed by atoms with Gasteiger partial charge in [0, 0.05) is 25.4 Å². The molecule has 28 heavy (non-hydrogen) atoms. The number of nitrogens with one attached hydrogen (secondary N) is 1. The summed E-state index contributed by atoms with van der Waals surface area (Å²) in [6.07, 6.45) is 0.718. The average molecular weight is 385 g/mol. The molecule has 1 heterocycles. The third-order valence-electron chi connectivity index (χ3n) is 4.90. The smallest absolute Gasteiger partial charge is 0.303 e. The number of carbonyl (C=O) groups is 1. The Morgan fingerprint density at radius 2 is 1.93 bits per heavy atom. The molecule has 0 saturated carbocycles. The molecule has 150 valence electrons. The molecule has 2 aromatic rings. The molecule has 0 spiro atoms. The third-order valence-corrected chi connectivity index (χ3v) is 4.90. The Kier molecular flexibility index (Phi) is 7.28. The van der Waals surface area contributed by atoms with Gasteiger partial charge in [-0.15, -0.1) is 0 Å². The summed E-state index contributed by atoms with van der Waals surface area (Å²) in [6, 6.07) is 17.2. The zero-order valence-electron chi connectivity index (χ0n) is 15.8. The van der Waals surface area contributed by atoms with E-state index in [9.17, 15) is 9.90 Å². The lowest BCUT2D eigenvalue weighted by atomic mass is 9.87. The fourth-order valence-corrected chi connectivity index (χ4v) is 3.43. The number of hydrogen-bond acceptors (Lipinski definition) is 5. The second-order valence-corrected chi connectivity index (χ2v) is 7.10. The largest absolute Gasteiger partial charge is 0.491 e. The Labute approximate surface area is 165 Å². The highest BCUT2D eigenvalue weighted by molar-refractivity contribution is 5.66. The molecule has 3 rings (SSSR count). The average Bonchev–Trinajstić information content (AvgIpc) is 2.71. The zero-order chi connectivity index (χ0) is 19.8. The first-order chi connectivity index (χ1) is 13.6. The topological polar surface area (TPSA) is 88.0 Å². The number of aliphatic hydroxyl groups excluding tert-OH is 1. The van der Waals surface area contributed by atoms with E-state index in [1.54, 1.807) is 0 Å². The number of carboxylic acid groups (broad SMARTS) is 1. The third kappa shape index (κ3) is 5.97. The highest BCUT2D eigenvalue weighted by atomic mass is 16.5. The summed E-state index contributed by atoms with van der Waals surface area (Å²) in [5.41, 5.74) is 1.12. The molecular formula is C22H27NO5. The number of aliphatic hydroxyl groups is 1. The second-order valence-electron chi connectivity index (χ2n) is 7.10. The second kappa shape index (κ2) is 10.1. The minimum atomic E-state index is -0.793. The lowest BCUT2D eigenvalue weighted by Crippen LogP contribution is -2.43. The van der Waals surface area contributed by atoms with Gasteiger partial charge in [-0.3, -0.25) is 4.79 Å². The van der Waals surface area contributed by atoms with Crippen LogP contribution in [-0.4, -0.2) is 48.1 Å². The Bertz CT molecular complexity index is 752. The van der Waals surface area contributed by atoms with Gasteiger partial charge >= 0.3 is 5.97 Å². The normalized spacial score (nSPS) is 19.3. The maximum Gasteiger partial charge on any atom is 0.303 e. The predicted octanol–water partition coefficient (Wildman–Crippen LogP) is 2.50. The number of aliphatic carboxylic acids is 1. The molecule has 0 bridgehead atoms. The Morgan fingerprint density at radius 1 is 1.18 bits per heavy atom. The number of benzene rings is 2. The zero-order valence-corrected chi connectivity index (χ0v) is 15.8. The first-order valence-corrected chi connectivity index (χ1v) is 9.65. The molecule has 3 atom stereocenters. The van der Waals surface area contributed by atoms with Gasteiger partial charge in [0.05, 0.1) is 0 Å². The summed E-state index contributed by atoms with van der Waals surface area (Å²) in [5.74, 6) is 0.909. The van der Waals surface area contributed by atoms with Crippen molar-refractivity contribution in [3.05, 3.63) is 60.2 Å². The van der Waals surface area contributed by atoms with E-state index in [0.29, 0.717) is 19.5 Å². The van der Waals surface area contributed by atoms with E-state index in [1.165, 1.54) is 0 Å². The minimum absolute atomic E-state index is 0.121. The van der Waals surface area contributed by atoms with Gasteiger partial charge in [-0.1, -0.05) is 36.4 Å². The van der Waals surface area contributed by atoms with Gasteiger partial charge in [0.15, 0.2) is 0 Å². The van der Waals surface area contributed by atoms with Gasteiger partial charge < -0.3 is 25.0 Å². The summed E-state index contributed by atoms with van der Waals surface area (Å²) >= 11 is 0. The molecular weight excluding hydrogens is 358 g/mol. The van der Waals surface area contributed by atoms with Crippen LogP contribution in [0.25, 0.3) is 0 Å². The SMILES string of the molecule is O=C(O)CCC1Cc2ccccc2O[C@H]1CNC[C@H](O)COc1ccccc1. The molecule has 0 fully saturated rings. The molecule has 1 aliphatic heterocycles. The Morgan fingerprint density at radius 3 is 2.71 bits per heavy atom. The number of fused-ring (bicyclic) bond motifs is 1. The van der Waals surface area contributed by atoms with Gasteiger partial charge in [0.25, 0.3) is 0 Å². The summed E-state index contributed by atoms with van der Waals surface area (Å²) < 4.78 is 11.7. The Hall–Kier alpha value is -2.57. The molecule has 0 saturated heterocycles. The van der Waals surface area contributed by atoms with Crippen molar-refractivity contribution in [3.8, 4) is 11.5 Å². The number of carboxylic acids is 1. The molecule has 0 amide bonds. The van der Waals surface area contributed by atoms with Crippen LogP contribution >= 0.6 is 0 Å². The fourth-order valence-electron chi connectivity index (χ4n) is 3.43. The summed E-state index contributed by atoms with van der Waals surface area (Å²) in [4.78, 5) is 11.0. The van der Waals surface area contributed by atoms with E-state index < -0.39 is 12.1 Å². The Balaban J connectivity index is 1.48. The molecule has 6 nitrogen and oxygen atoms in total. The van der Waals surface area contributed by atoms with Crippen LogP contribution in [0.15, 0.2) is 54.6 Å². The number of ether oxygens (including phenoxy) is 2. The number of hydrogen-bond donors (Lipinski definition) is 3. The van der Waals surface area contributed by atoms with Crippen LogP contribution in [0, 0.1) is 5.92 Å². The van der Waals surface area contributed by atoms with Crippen molar-refractivity contribution in [2.24, 2.45) is 5.92 Å². The first kappa shape index (κ1) is 20.2. The van der Waals surface area contributed by atoms with Crippen molar-refractivity contribution >= 4 is 5.97 Å². The van der Waals surface area contributed by atoms with Crippen LogP contribution in [0.1, 0.15) is 18.4 Å². The molecule has 3 N–H and O–H groups in total. The summed E-state index contributed by atoms with van der Waals surface area (Å²) in [5, 5.41) is 22.4. The van der Waals surface area contributed by atoms with Gasteiger partial charge in [0.2, 0.25) is 0 Å². The lowest BCUT2D eigenvalue weighted by Gasteiger charge is -2.34. The molecule has 0 radical (unpaired) electrons. The highest BCUT2D eigenvalue weighted by Gasteiger charge is 2.30. The molecule has 6 heteroatoms. The van der Waals surface area contributed by atoms with Crippen molar-refractivity contribution < 1.29 is 24.5 Å². The maximum atomic E-state index is 11.0. The first-order valence-electron chi connectivity index (χ1n) is 9.65. The van der Waals surface area contributed by atoms with Crippen molar-refractivity contribution in [1.82, 2.24) is 5.32 Å². The molecule has 2 aromatic carbocycles. The molecule has 0 aliphatic carbocycles. The summed E-state index contributed by atoms with van der Waals surface area (Å²) in [6.45, 7) is 1.12. The standard InChI is InChI=1S/C22H27NO5/c24-18(15-27-19-7-2-1-3-8-19)13-23-14-21-17(10-11-22(25)26)12-16-6-4-5-9-20(16)28-21/h1-9,17-18,21,23-24H,10-15H2,(H,25,26)/t17?,18-,21-/m0/s1. The van der Waals surface area contributed by atoms with Crippen LogP contribution in [0.2, 0.25) is 0 Å². The molecule has 1 unspecified atom stereocenters. The fraction of sp³-hybridized carbons (Fsp3) is 0.409. The van der Waals surface area contributed by atoms with Gasteiger partial charge in [0.1, 0.15) is 30.3 Å². The van der Waals surface area contributed by atoms with Crippen LogP contribution in [-0.2, 0) is 11.2 Å². The van der Waals surface area contributed by atoms with Gasteiger partial charge in [-0.05, 0) is 36.6 Å². The van der Waals surface area contributed by atoms with Crippen molar-refractivity contribution in [2.75, 3.05) is 19.7 Å². The van der Waals surface area contributed by atoms with E-state index in [-0.39, 0.29) is 25.0 Å². The summed E-state index contributed by atoms with van der Waals surface area (Å²) in [7, 11) is 0. The maximum absolute atomic E-state index is 11.0. The molecule has 1 aliphatic rings. The van der Waals surface area contributed by atoms with E-state index in [2.05, 4.69) is 5.32 Å². The van der Waals surface area contributed by atoms with Crippen molar-refractivity contribution in [1.29, 1.82) is 0 Å². The highest BCUT2D eigenvalue weighted by Crippen LogP contribution is 2.32. The van der Waals surface area contributed by atoms with E-state index in [0.717, 1.165) is 23.5 Å². The quantitative estimate of drug-likeness (QED) is 0.582. The number of para-hydroxylation sites is 2. The van der Waals surface area contributed by atoms with Crippen LogP contribution in [0.4, 0.5) is 0 Å². The van der Waals surface area contributed by atoms with Gasteiger partial charge in [-0.25, -0.2) is 0 Å². The van der Waals surface area contributed by atoms with Crippen LogP contribution in [0.5, 0.6) is 11.5 Å². The monoisotopic (exact) mass is 385 g/mol. The van der Waals surface area contributed by atoms with Gasteiger partial charge in [-0.2, -0.15) is 0 Å². The van der Waals surface area contributed by atoms with E-state index in [4.69, 9.17) is 14.6 Å². The van der Waals surface area contributed by atoms with E-state index in [1.807, 2.05) is 54.6 Å². The lowest BCUT2D eigenvalue weighted by molar-refractivity contribution is -0.137. The van der Waals surface area contributed by atoms with Crippen molar-refractivity contribution in [2.45, 2.75) is 31.5 Å². The molecule has 0 aromatic heterocycles. The minimum Gasteiger partial charge on any atom is -0.491 e. The van der Waals surface area contributed by atoms with Crippen LogP contribution in [0.3, 0.4) is 0 Å². The number of rotatable bonds is 10. The predicted molar refractivity (Wildman–Crippen MR) is 106 cm³/mol.